The van der Waals surface area contributed by atoms with Gasteiger partial charge in [-0.25, -0.2) is 9.67 Å². The van der Waals surface area contributed by atoms with Crippen molar-refractivity contribution in [3.8, 4) is 5.69 Å². The zero-order valence-corrected chi connectivity index (χ0v) is 18.3. The van der Waals surface area contributed by atoms with E-state index in [4.69, 9.17) is 0 Å². The molecular weight excluding hydrogens is 424 g/mol. The predicted molar refractivity (Wildman–Crippen MR) is 120 cm³/mol. The SMILES string of the molecule is Cc1nc2sccn2c1C(=O)NC[C@@H]1CC2CC2N1C(=O)c1ccccc1-n1cccn1. The Morgan fingerprint density at radius 1 is 1.19 bits per heavy atom. The highest BCUT2D eigenvalue weighted by atomic mass is 32.1. The van der Waals surface area contributed by atoms with Crippen LogP contribution in [-0.2, 0) is 0 Å². The number of fused-ring (bicyclic) bond motifs is 2. The maximum Gasteiger partial charge on any atom is 0.270 e. The minimum atomic E-state index is -0.154. The van der Waals surface area contributed by atoms with Crippen LogP contribution < -0.4 is 5.32 Å². The van der Waals surface area contributed by atoms with Gasteiger partial charge in [0.05, 0.1) is 23.0 Å². The summed E-state index contributed by atoms with van der Waals surface area (Å²) in [5.41, 5.74) is 2.67. The summed E-state index contributed by atoms with van der Waals surface area (Å²) in [6.07, 6.45) is 7.36. The Bertz CT molecular complexity index is 1320. The summed E-state index contributed by atoms with van der Waals surface area (Å²) in [5.74, 6) is 0.373. The maximum atomic E-state index is 13.6. The minimum Gasteiger partial charge on any atom is -0.349 e. The lowest BCUT2D eigenvalue weighted by Crippen LogP contribution is -2.45. The molecule has 8 nitrogen and oxygen atoms in total. The van der Waals surface area contributed by atoms with Gasteiger partial charge >= 0.3 is 0 Å². The van der Waals surface area contributed by atoms with Gasteiger partial charge in [-0.3, -0.25) is 14.0 Å². The summed E-state index contributed by atoms with van der Waals surface area (Å²) in [4.78, 5) is 33.8. The molecule has 1 N–H and O–H groups in total. The van der Waals surface area contributed by atoms with Gasteiger partial charge < -0.3 is 10.2 Å². The number of aromatic nitrogens is 4. The summed E-state index contributed by atoms with van der Waals surface area (Å²) in [5, 5.41) is 9.28. The second-order valence-electron chi connectivity index (χ2n) is 8.44. The quantitative estimate of drug-likeness (QED) is 0.511. The Balaban J connectivity index is 1.23. The smallest absolute Gasteiger partial charge is 0.270 e. The van der Waals surface area contributed by atoms with Crippen molar-refractivity contribution in [3.63, 3.8) is 0 Å². The van der Waals surface area contributed by atoms with E-state index in [9.17, 15) is 9.59 Å². The second kappa shape index (κ2) is 7.30. The molecule has 1 saturated heterocycles. The van der Waals surface area contributed by atoms with Gasteiger partial charge in [0.1, 0.15) is 5.69 Å². The molecule has 4 aromatic rings. The number of hydrogen-bond donors (Lipinski definition) is 1. The third-order valence-corrected chi connectivity index (χ3v) is 7.24. The summed E-state index contributed by atoms with van der Waals surface area (Å²) in [6.45, 7) is 2.28. The highest BCUT2D eigenvalue weighted by Gasteiger charge is 2.54. The number of amides is 2. The minimum absolute atomic E-state index is 0.00103. The number of para-hydroxylation sites is 1. The number of benzene rings is 1. The van der Waals surface area contributed by atoms with E-state index >= 15 is 0 Å². The van der Waals surface area contributed by atoms with Crippen molar-refractivity contribution >= 4 is 28.1 Å². The average molecular weight is 447 g/mol. The molecule has 6 rings (SSSR count). The molecule has 2 fully saturated rings. The zero-order chi connectivity index (χ0) is 21.8. The average Bonchev–Trinajstić information content (AvgIpc) is 3.26. The molecule has 1 aliphatic carbocycles. The summed E-state index contributed by atoms with van der Waals surface area (Å²) < 4.78 is 3.55. The van der Waals surface area contributed by atoms with Crippen LogP contribution in [0.15, 0.2) is 54.3 Å². The molecule has 3 aromatic heterocycles. The summed E-state index contributed by atoms with van der Waals surface area (Å²) in [7, 11) is 0. The molecule has 1 saturated carbocycles. The van der Waals surface area contributed by atoms with Crippen LogP contribution in [-0.4, -0.2) is 54.5 Å². The Morgan fingerprint density at radius 3 is 2.91 bits per heavy atom. The number of aryl methyl sites for hydroxylation is 1. The molecule has 2 amide bonds. The molecule has 1 aliphatic heterocycles. The summed E-state index contributed by atoms with van der Waals surface area (Å²) >= 11 is 1.50. The van der Waals surface area contributed by atoms with Crippen LogP contribution >= 0.6 is 11.3 Å². The number of nitrogens with zero attached hydrogens (tertiary/aromatic N) is 5. The van der Waals surface area contributed by atoms with Crippen molar-refractivity contribution in [1.29, 1.82) is 0 Å². The standard InChI is InChI=1S/C23H22N6O2S/c1-14-20(27-9-10-32-23(27)26-14)21(30)24-13-16-11-15-12-19(15)29(16)22(31)17-5-2-3-6-18(17)28-8-4-7-25-28/h2-10,15-16,19H,11-13H2,1H3,(H,24,30)/t15?,16-,19?/m0/s1. The van der Waals surface area contributed by atoms with Gasteiger partial charge in [0.2, 0.25) is 0 Å². The largest absolute Gasteiger partial charge is 0.349 e. The lowest BCUT2D eigenvalue weighted by molar-refractivity contribution is 0.0688. The number of hydrogen-bond acceptors (Lipinski definition) is 5. The number of rotatable bonds is 5. The van der Waals surface area contributed by atoms with Crippen molar-refractivity contribution in [1.82, 2.24) is 29.4 Å². The Kier molecular flexibility index (Phi) is 4.39. The number of carbonyl (C=O) groups is 2. The topological polar surface area (TPSA) is 84.5 Å². The van der Waals surface area contributed by atoms with Gasteiger partial charge in [0, 0.05) is 36.6 Å². The van der Waals surface area contributed by atoms with E-state index in [0.29, 0.717) is 29.4 Å². The molecule has 0 spiro atoms. The first-order chi connectivity index (χ1) is 15.6. The van der Waals surface area contributed by atoms with Crippen LogP contribution in [0, 0.1) is 12.8 Å². The third-order valence-electron chi connectivity index (χ3n) is 6.48. The Morgan fingerprint density at radius 2 is 2.06 bits per heavy atom. The maximum absolute atomic E-state index is 13.6. The van der Waals surface area contributed by atoms with Crippen LogP contribution in [0.3, 0.4) is 0 Å². The van der Waals surface area contributed by atoms with Crippen molar-refractivity contribution in [3.05, 3.63) is 71.3 Å². The van der Waals surface area contributed by atoms with Gasteiger partial charge in [-0.1, -0.05) is 12.1 Å². The number of thiazole rings is 1. The lowest BCUT2D eigenvalue weighted by atomic mass is 10.1. The van der Waals surface area contributed by atoms with Gasteiger partial charge in [-0.15, -0.1) is 11.3 Å². The molecule has 0 radical (unpaired) electrons. The molecule has 9 heteroatoms. The molecular formula is C23H22N6O2S. The Hall–Kier alpha value is -3.46. The van der Waals surface area contributed by atoms with Crippen molar-refractivity contribution < 1.29 is 9.59 Å². The normalized spacial score (nSPS) is 21.7. The van der Waals surface area contributed by atoms with E-state index < -0.39 is 0 Å². The first-order valence-corrected chi connectivity index (χ1v) is 11.6. The number of piperidine rings is 1. The first kappa shape index (κ1) is 19.2. The van der Waals surface area contributed by atoms with E-state index in [1.807, 2.05) is 64.3 Å². The third kappa shape index (κ3) is 3.03. The molecule has 0 bridgehead atoms. The second-order valence-corrected chi connectivity index (χ2v) is 9.32. The van der Waals surface area contributed by atoms with E-state index in [1.165, 1.54) is 11.3 Å². The van der Waals surface area contributed by atoms with Crippen molar-refractivity contribution in [2.75, 3.05) is 6.54 Å². The molecule has 2 unspecified atom stereocenters. The first-order valence-electron chi connectivity index (χ1n) is 10.7. The van der Waals surface area contributed by atoms with E-state index in [2.05, 4.69) is 15.4 Å². The van der Waals surface area contributed by atoms with Crippen LogP contribution in [0.2, 0.25) is 0 Å². The lowest BCUT2D eigenvalue weighted by Gasteiger charge is -2.28. The Labute approximate surface area is 188 Å². The highest BCUT2D eigenvalue weighted by molar-refractivity contribution is 7.15. The van der Waals surface area contributed by atoms with Gasteiger partial charge in [0.15, 0.2) is 4.96 Å². The van der Waals surface area contributed by atoms with E-state index in [0.717, 1.165) is 23.5 Å². The van der Waals surface area contributed by atoms with Gasteiger partial charge in [-0.05, 0) is 43.9 Å². The number of nitrogens with one attached hydrogen (secondary N) is 1. The molecule has 4 heterocycles. The monoisotopic (exact) mass is 446 g/mol. The summed E-state index contributed by atoms with van der Waals surface area (Å²) in [6, 6.07) is 9.64. The van der Waals surface area contributed by atoms with Gasteiger partial charge in [0.25, 0.3) is 11.8 Å². The number of likely N-dealkylation sites (tertiary alicyclic amines) is 1. The zero-order valence-electron chi connectivity index (χ0n) is 17.5. The molecule has 2 aliphatic rings. The molecule has 32 heavy (non-hydrogen) atoms. The van der Waals surface area contributed by atoms with Crippen LogP contribution in [0.25, 0.3) is 10.6 Å². The fourth-order valence-electron chi connectivity index (χ4n) is 4.92. The van der Waals surface area contributed by atoms with Crippen LogP contribution in [0.4, 0.5) is 0 Å². The number of carbonyl (C=O) groups excluding carboxylic acids is 2. The molecule has 3 atom stereocenters. The van der Waals surface area contributed by atoms with Crippen molar-refractivity contribution in [2.45, 2.75) is 31.8 Å². The highest BCUT2D eigenvalue weighted by Crippen LogP contribution is 2.48. The van der Waals surface area contributed by atoms with Crippen LogP contribution in [0.1, 0.15) is 39.4 Å². The van der Waals surface area contributed by atoms with Gasteiger partial charge in [-0.2, -0.15) is 5.10 Å². The molecule has 1 aromatic carbocycles. The van der Waals surface area contributed by atoms with Crippen molar-refractivity contribution in [2.24, 2.45) is 5.92 Å². The fourth-order valence-corrected chi connectivity index (χ4v) is 5.68. The predicted octanol–water partition coefficient (Wildman–Crippen LogP) is 2.92. The van der Waals surface area contributed by atoms with E-state index in [1.54, 1.807) is 10.9 Å². The van der Waals surface area contributed by atoms with Crippen LogP contribution in [0.5, 0.6) is 0 Å². The molecule has 162 valence electrons. The van der Waals surface area contributed by atoms with E-state index in [-0.39, 0.29) is 23.9 Å². The number of imidazole rings is 1. The fraction of sp³-hybridized carbons (Fsp3) is 0.304.